The smallest absolute Gasteiger partial charge is 0.113 e. The first-order valence-corrected chi connectivity index (χ1v) is 8.48. The van der Waals surface area contributed by atoms with Gasteiger partial charge in [-0.05, 0) is 66.3 Å². The summed E-state index contributed by atoms with van der Waals surface area (Å²) in [7, 11) is 0. The Morgan fingerprint density at radius 3 is 2.36 bits per heavy atom. The summed E-state index contributed by atoms with van der Waals surface area (Å²) in [5.74, 6) is 6.24. The van der Waals surface area contributed by atoms with E-state index < -0.39 is 0 Å². The quantitative estimate of drug-likeness (QED) is 0.700. The van der Waals surface area contributed by atoms with Crippen molar-refractivity contribution < 1.29 is 5.11 Å². The Hall–Kier alpha value is -2.60. The van der Waals surface area contributed by atoms with Gasteiger partial charge < -0.3 is 5.11 Å². The molecule has 1 N–H and O–H groups in total. The average molecular weight is 348 g/mol. The van der Waals surface area contributed by atoms with Crippen LogP contribution >= 0.6 is 11.6 Å². The van der Waals surface area contributed by atoms with Crippen molar-refractivity contribution >= 4 is 11.6 Å². The monoisotopic (exact) mass is 347 g/mol. The van der Waals surface area contributed by atoms with Crippen LogP contribution in [0.1, 0.15) is 22.4 Å². The van der Waals surface area contributed by atoms with Crippen LogP contribution in [0.3, 0.4) is 0 Å². The molecule has 0 spiro atoms. The Balaban J connectivity index is 1.77. The summed E-state index contributed by atoms with van der Waals surface area (Å²) in [4.78, 5) is 4.42. The first-order chi connectivity index (χ1) is 12.2. The Morgan fingerprint density at radius 1 is 0.960 bits per heavy atom. The molecule has 0 aliphatic rings. The van der Waals surface area contributed by atoms with Gasteiger partial charge in [0.25, 0.3) is 0 Å². The van der Waals surface area contributed by atoms with Gasteiger partial charge in [0.15, 0.2) is 0 Å². The molecule has 0 fully saturated rings. The molecule has 3 aromatic rings. The lowest BCUT2D eigenvalue weighted by atomic mass is 10.0. The Kier molecular flexibility index (Phi) is 5.50. The second-order valence-corrected chi connectivity index (χ2v) is 6.24. The summed E-state index contributed by atoms with van der Waals surface area (Å²) in [5, 5.41) is 9.76. The van der Waals surface area contributed by atoms with E-state index in [9.17, 15) is 0 Å². The molecule has 3 rings (SSSR count). The van der Waals surface area contributed by atoms with Gasteiger partial charge in [-0.25, -0.2) is 4.98 Å². The SMILES string of the molecule is Cc1cc(C#Cc2ccc(-c3ccc(Cl)cc3)cn2)ccc1CCO. The second-order valence-electron chi connectivity index (χ2n) is 5.80. The van der Waals surface area contributed by atoms with Crippen LogP contribution < -0.4 is 0 Å². The number of nitrogens with zero attached hydrogens (tertiary/aromatic N) is 1. The van der Waals surface area contributed by atoms with Crippen LogP contribution in [0.25, 0.3) is 11.1 Å². The van der Waals surface area contributed by atoms with E-state index >= 15 is 0 Å². The molecule has 0 atom stereocenters. The molecule has 0 saturated carbocycles. The van der Waals surface area contributed by atoms with Crippen LogP contribution in [-0.2, 0) is 6.42 Å². The number of benzene rings is 2. The molecule has 0 aliphatic carbocycles. The topological polar surface area (TPSA) is 33.1 Å². The van der Waals surface area contributed by atoms with Gasteiger partial charge in [-0.3, -0.25) is 0 Å². The fourth-order valence-electron chi connectivity index (χ4n) is 2.59. The fourth-order valence-corrected chi connectivity index (χ4v) is 2.72. The fraction of sp³-hybridized carbons (Fsp3) is 0.136. The third-order valence-corrected chi connectivity index (χ3v) is 4.25. The van der Waals surface area contributed by atoms with Gasteiger partial charge in [0, 0.05) is 29.0 Å². The summed E-state index contributed by atoms with van der Waals surface area (Å²) in [6, 6.07) is 17.7. The summed E-state index contributed by atoms with van der Waals surface area (Å²) in [6.07, 6.45) is 2.50. The maximum atomic E-state index is 9.04. The Bertz CT molecular complexity index is 919. The molecular weight excluding hydrogens is 330 g/mol. The van der Waals surface area contributed by atoms with Gasteiger partial charge in [0.05, 0.1) is 0 Å². The van der Waals surface area contributed by atoms with Crippen molar-refractivity contribution in [2.45, 2.75) is 13.3 Å². The summed E-state index contributed by atoms with van der Waals surface area (Å²) < 4.78 is 0. The minimum absolute atomic E-state index is 0.162. The lowest BCUT2D eigenvalue weighted by molar-refractivity contribution is 0.299. The molecule has 2 nitrogen and oxygen atoms in total. The zero-order valence-corrected chi connectivity index (χ0v) is 14.7. The highest BCUT2D eigenvalue weighted by atomic mass is 35.5. The molecule has 0 radical (unpaired) electrons. The molecule has 3 heteroatoms. The molecule has 2 aromatic carbocycles. The van der Waals surface area contributed by atoms with Crippen molar-refractivity contribution in [1.82, 2.24) is 4.98 Å². The van der Waals surface area contributed by atoms with Crippen molar-refractivity contribution in [3.63, 3.8) is 0 Å². The van der Waals surface area contributed by atoms with Gasteiger partial charge in [-0.2, -0.15) is 0 Å². The van der Waals surface area contributed by atoms with Crippen LogP contribution in [0, 0.1) is 18.8 Å². The molecule has 0 bridgehead atoms. The zero-order chi connectivity index (χ0) is 17.6. The zero-order valence-electron chi connectivity index (χ0n) is 14.0. The molecule has 25 heavy (non-hydrogen) atoms. The van der Waals surface area contributed by atoms with Crippen molar-refractivity contribution in [2.24, 2.45) is 0 Å². The lowest BCUT2D eigenvalue weighted by Crippen LogP contribution is -1.94. The average Bonchev–Trinajstić information content (AvgIpc) is 2.63. The van der Waals surface area contributed by atoms with E-state index in [0.717, 1.165) is 38.5 Å². The lowest BCUT2D eigenvalue weighted by Gasteiger charge is -2.03. The van der Waals surface area contributed by atoms with Crippen LogP contribution in [0.15, 0.2) is 60.8 Å². The Labute approximate surface area is 153 Å². The van der Waals surface area contributed by atoms with Crippen molar-refractivity contribution in [2.75, 3.05) is 6.61 Å². The van der Waals surface area contributed by atoms with Crippen molar-refractivity contribution in [1.29, 1.82) is 0 Å². The number of rotatable bonds is 3. The third kappa shape index (κ3) is 4.48. The highest BCUT2D eigenvalue weighted by Gasteiger charge is 2.00. The molecular formula is C22H18ClNO. The van der Waals surface area contributed by atoms with Crippen LogP contribution in [-0.4, -0.2) is 16.7 Å². The third-order valence-electron chi connectivity index (χ3n) is 4.00. The van der Waals surface area contributed by atoms with Crippen LogP contribution in [0.5, 0.6) is 0 Å². The van der Waals surface area contributed by atoms with Gasteiger partial charge in [-0.15, -0.1) is 0 Å². The van der Waals surface area contributed by atoms with E-state index in [1.807, 2.05) is 67.7 Å². The number of aryl methyl sites for hydroxylation is 1. The first-order valence-electron chi connectivity index (χ1n) is 8.10. The van der Waals surface area contributed by atoms with E-state index in [2.05, 4.69) is 16.8 Å². The summed E-state index contributed by atoms with van der Waals surface area (Å²) >= 11 is 5.92. The predicted octanol–water partition coefficient (Wildman–Crippen LogP) is 4.65. The number of pyridine rings is 1. The number of hydrogen-bond acceptors (Lipinski definition) is 2. The van der Waals surface area contributed by atoms with Crippen molar-refractivity contribution in [3.05, 3.63) is 88.2 Å². The number of hydrogen-bond donors (Lipinski definition) is 1. The molecule has 124 valence electrons. The molecule has 0 amide bonds. The molecule has 0 aliphatic heterocycles. The largest absolute Gasteiger partial charge is 0.396 e. The Morgan fingerprint density at radius 2 is 1.72 bits per heavy atom. The van der Waals surface area contributed by atoms with Gasteiger partial charge >= 0.3 is 0 Å². The minimum Gasteiger partial charge on any atom is -0.396 e. The number of aliphatic hydroxyl groups excluding tert-OH is 1. The van der Waals surface area contributed by atoms with E-state index in [1.54, 1.807) is 0 Å². The molecule has 0 unspecified atom stereocenters. The summed E-state index contributed by atoms with van der Waals surface area (Å²) in [6.45, 7) is 2.20. The molecule has 1 heterocycles. The molecule has 1 aromatic heterocycles. The molecule has 0 saturated heterocycles. The summed E-state index contributed by atoms with van der Waals surface area (Å²) in [5.41, 5.74) is 6.08. The standard InChI is InChI=1S/C22H18ClNO/c1-16-14-17(2-4-18(16)12-13-25)3-10-22-11-7-20(15-24-22)19-5-8-21(23)9-6-19/h2,4-9,11,14-15,25H,12-13H2,1H3. The maximum Gasteiger partial charge on any atom is 0.113 e. The van der Waals surface area contributed by atoms with Crippen molar-refractivity contribution in [3.8, 4) is 23.0 Å². The van der Waals surface area contributed by atoms with E-state index in [0.29, 0.717) is 6.42 Å². The van der Waals surface area contributed by atoms with E-state index in [4.69, 9.17) is 16.7 Å². The first kappa shape index (κ1) is 17.2. The number of halogens is 1. The highest BCUT2D eigenvalue weighted by Crippen LogP contribution is 2.20. The second kappa shape index (κ2) is 7.98. The normalized spacial score (nSPS) is 10.2. The van der Waals surface area contributed by atoms with E-state index in [-0.39, 0.29) is 6.61 Å². The van der Waals surface area contributed by atoms with Crippen LogP contribution in [0.4, 0.5) is 0 Å². The van der Waals surface area contributed by atoms with Gasteiger partial charge in [0.1, 0.15) is 5.69 Å². The highest BCUT2D eigenvalue weighted by molar-refractivity contribution is 6.30. The van der Waals surface area contributed by atoms with Crippen LogP contribution in [0.2, 0.25) is 5.02 Å². The van der Waals surface area contributed by atoms with E-state index in [1.165, 1.54) is 0 Å². The minimum atomic E-state index is 0.162. The van der Waals surface area contributed by atoms with Gasteiger partial charge in [-0.1, -0.05) is 41.8 Å². The predicted molar refractivity (Wildman–Crippen MR) is 103 cm³/mol. The maximum absolute atomic E-state index is 9.04. The number of aromatic nitrogens is 1. The number of aliphatic hydroxyl groups is 1. The van der Waals surface area contributed by atoms with Gasteiger partial charge in [0.2, 0.25) is 0 Å².